The van der Waals surface area contributed by atoms with Crippen molar-refractivity contribution < 1.29 is 14.3 Å². The maximum atomic E-state index is 12.2. The first-order valence-corrected chi connectivity index (χ1v) is 7.26. The summed E-state index contributed by atoms with van der Waals surface area (Å²) in [6, 6.07) is 0.240. The predicted octanol–water partition coefficient (Wildman–Crippen LogP) is 0.785. The summed E-state index contributed by atoms with van der Waals surface area (Å²) in [4.78, 5) is 25.6. The van der Waals surface area contributed by atoms with Gasteiger partial charge in [-0.1, -0.05) is 0 Å². The number of carbonyl (C=O) groups excluding carboxylic acids is 2. The van der Waals surface area contributed by atoms with E-state index >= 15 is 0 Å². The Balaban J connectivity index is 2.07. The van der Waals surface area contributed by atoms with Crippen LogP contribution in [0.5, 0.6) is 0 Å². The Bertz CT molecular complexity index is 355. The van der Waals surface area contributed by atoms with Gasteiger partial charge in [0, 0.05) is 12.1 Å². The van der Waals surface area contributed by atoms with E-state index < -0.39 is 11.9 Å². The van der Waals surface area contributed by atoms with E-state index in [-0.39, 0.29) is 18.7 Å². The molecule has 0 aromatic heterocycles. The zero-order valence-electron chi connectivity index (χ0n) is 12.0. The van der Waals surface area contributed by atoms with Crippen molar-refractivity contribution in [1.29, 1.82) is 0 Å². The molecule has 1 N–H and O–H groups in total. The molecular formula is C14H24N2O3. The van der Waals surface area contributed by atoms with E-state index in [2.05, 4.69) is 12.2 Å². The highest BCUT2D eigenvalue weighted by Gasteiger charge is 2.42. The molecule has 0 bridgehead atoms. The molecule has 0 radical (unpaired) electrons. The molecule has 2 rings (SSSR count). The molecule has 108 valence electrons. The van der Waals surface area contributed by atoms with Crippen molar-refractivity contribution in [3.05, 3.63) is 0 Å². The van der Waals surface area contributed by atoms with Crippen molar-refractivity contribution in [3.63, 3.8) is 0 Å². The predicted molar refractivity (Wildman–Crippen MR) is 71.5 cm³/mol. The first-order chi connectivity index (χ1) is 9.06. The Morgan fingerprint density at radius 2 is 1.95 bits per heavy atom. The molecule has 2 aliphatic rings. The van der Waals surface area contributed by atoms with Crippen LogP contribution < -0.4 is 5.32 Å². The summed E-state index contributed by atoms with van der Waals surface area (Å²) in [6.45, 7) is 8.11. The van der Waals surface area contributed by atoms with Gasteiger partial charge in [-0.3, -0.25) is 4.79 Å². The number of ether oxygens (including phenoxy) is 1. The van der Waals surface area contributed by atoms with E-state index in [1.165, 1.54) is 0 Å². The molecule has 1 amide bonds. The molecule has 5 heteroatoms. The average Bonchev–Trinajstić information content (AvgIpc) is 2.30. The molecule has 3 atom stereocenters. The van der Waals surface area contributed by atoms with E-state index in [1.807, 2.05) is 6.92 Å². The summed E-state index contributed by atoms with van der Waals surface area (Å²) in [5, 5.41) is 3.28. The van der Waals surface area contributed by atoms with Crippen molar-refractivity contribution in [2.75, 3.05) is 19.7 Å². The third-order valence-electron chi connectivity index (χ3n) is 4.55. The minimum Gasteiger partial charge on any atom is -0.459 e. The Morgan fingerprint density at radius 1 is 1.26 bits per heavy atom. The SMILES string of the molecule is CCOC(=O)C(=O)N1C(C)CCC(C2CNC2)C1C. The zero-order valence-corrected chi connectivity index (χ0v) is 12.0. The second-order valence-electron chi connectivity index (χ2n) is 5.68. The highest BCUT2D eigenvalue weighted by molar-refractivity contribution is 6.32. The van der Waals surface area contributed by atoms with Crippen molar-refractivity contribution in [1.82, 2.24) is 10.2 Å². The number of hydrogen-bond donors (Lipinski definition) is 1. The molecule has 0 spiro atoms. The number of hydrogen-bond acceptors (Lipinski definition) is 4. The smallest absolute Gasteiger partial charge is 0.397 e. The molecule has 2 fully saturated rings. The van der Waals surface area contributed by atoms with Crippen molar-refractivity contribution in [2.45, 2.75) is 45.7 Å². The molecule has 0 aliphatic carbocycles. The van der Waals surface area contributed by atoms with Gasteiger partial charge in [-0.05, 0) is 58.5 Å². The molecule has 19 heavy (non-hydrogen) atoms. The van der Waals surface area contributed by atoms with E-state index in [9.17, 15) is 9.59 Å². The van der Waals surface area contributed by atoms with Gasteiger partial charge in [0.1, 0.15) is 0 Å². The quantitative estimate of drug-likeness (QED) is 0.594. The number of likely N-dealkylation sites (tertiary alicyclic amines) is 1. The maximum Gasteiger partial charge on any atom is 0.397 e. The minimum atomic E-state index is -0.714. The van der Waals surface area contributed by atoms with Gasteiger partial charge >= 0.3 is 11.9 Å². The molecule has 2 saturated heterocycles. The second kappa shape index (κ2) is 5.90. The van der Waals surface area contributed by atoms with Gasteiger partial charge in [0.25, 0.3) is 0 Å². The van der Waals surface area contributed by atoms with Crippen LogP contribution in [-0.4, -0.2) is 48.6 Å². The maximum absolute atomic E-state index is 12.2. The summed E-state index contributed by atoms with van der Waals surface area (Å²) in [5.41, 5.74) is 0. The number of esters is 1. The highest BCUT2D eigenvalue weighted by Crippen LogP contribution is 2.34. The molecule has 0 saturated carbocycles. The van der Waals surface area contributed by atoms with Crippen LogP contribution in [0.1, 0.15) is 33.6 Å². The zero-order chi connectivity index (χ0) is 14.0. The second-order valence-corrected chi connectivity index (χ2v) is 5.68. The van der Waals surface area contributed by atoms with E-state index in [1.54, 1.807) is 11.8 Å². The molecule has 3 unspecified atom stereocenters. The van der Waals surface area contributed by atoms with Gasteiger partial charge in [0.15, 0.2) is 0 Å². The summed E-state index contributed by atoms with van der Waals surface area (Å²) in [5.74, 6) is -0.0526. The lowest BCUT2D eigenvalue weighted by molar-refractivity contribution is -0.164. The van der Waals surface area contributed by atoms with Crippen molar-refractivity contribution in [2.24, 2.45) is 11.8 Å². The van der Waals surface area contributed by atoms with E-state index in [0.717, 1.165) is 25.9 Å². The van der Waals surface area contributed by atoms with Gasteiger partial charge < -0.3 is 15.0 Å². The number of nitrogens with one attached hydrogen (secondary N) is 1. The summed E-state index contributed by atoms with van der Waals surface area (Å²) in [7, 11) is 0. The van der Waals surface area contributed by atoms with Crippen LogP contribution >= 0.6 is 0 Å². The molecule has 2 heterocycles. The number of nitrogens with zero attached hydrogens (tertiary/aromatic N) is 1. The van der Waals surface area contributed by atoms with Crippen LogP contribution in [0.2, 0.25) is 0 Å². The summed E-state index contributed by atoms with van der Waals surface area (Å²) >= 11 is 0. The standard InChI is InChI=1S/C14H24N2O3/c1-4-19-14(18)13(17)16-9(2)5-6-12(10(16)3)11-7-15-8-11/h9-12,15H,4-8H2,1-3H3. The van der Waals surface area contributed by atoms with Crippen LogP contribution in [0.15, 0.2) is 0 Å². The lowest BCUT2D eigenvalue weighted by Gasteiger charge is -2.48. The highest BCUT2D eigenvalue weighted by atomic mass is 16.5. The third kappa shape index (κ3) is 2.76. The van der Waals surface area contributed by atoms with Crippen LogP contribution in [0.4, 0.5) is 0 Å². The Hall–Kier alpha value is -1.10. The monoisotopic (exact) mass is 268 g/mol. The Labute approximate surface area is 114 Å². The van der Waals surface area contributed by atoms with E-state index in [4.69, 9.17) is 4.74 Å². The Morgan fingerprint density at radius 3 is 2.47 bits per heavy atom. The fraction of sp³-hybridized carbons (Fsp3) is 0.857. The summed E-state index contributed by atoms with van der Waals surface area (Å²) in [6.07, 6.45) is 2.11. The Kier molecular flexibility index (Phi) is 4.45. The van der Waals surface area contributed by atoms with Gasteiger partial charge in [0.2, 0.25) is 0 Å². The van der Waals surface area contributed by atoms with Gasteiger partial charge in [-0.25, -0.2) is 4.79 Å². The van der Waals surface area contributed by atoms with Crippen molar-refractivity contribution in [3.8, 4) is 0 Å². The fourth-order valence-electron chi connectivity index (χ4n) is 3.35. The van der Waals surface area contributed by atoms with Crippen molar-refractivity contribution >= 4 is 11.9 Å². The fourth-order valence-corrected chi connectivity index (χ4v) is 3.35. The number of piperidine rings is 1. The van der Waals surface area contributed by atoms with E-state index in [0.29, 0.717) is 11.8 Å². The van der Waals surface area contributed by atoms with Crippen LogP contribution in [0, 0.1) is 11.8 Å². The lowest BCUT2D eigenvalue weighted by atomic mass is 9.75. The molecule has 5 nitrogen and oxygen atoms in total. The van der Waals surface area contributed by atoms with Gasteiger partial charge in [-0.2, -0.15) is 0 Å². The largest absolute Gasteiger partial charge is 0.459 e. The first kappa shape index (κ1) is 14.3. The van der Waals surface area contributed by atoms with Crippen LogP contribution in [0.3, 0.4) is 0 Å². The lowest BCUT2D eigenvalue weighted by Crippen LogP contribution is -2.59. The number of rotatable bonds is 2. The number of carbonyl (C=O) groups is 2. The number of amides is 1. The van der Waals surface area contributed by atoms with Gasteiger partial charge in [0.05, 0.1) is 6.61 Å². The molecule has 0 aromatic rings. The summed E-state index contributed by atoms with van der Waals surface area (Å²) < 4.78 is 4.85. The molecule has 2 aliphatic heterocycles. The normalized spacial score (nSPS) is 31.7. The van der Waals surface area contributed by atoms with Gasteiger partial charge in [-0.15, -0.1) is 0 Å². The minimum absolute atomic E-state index is 0.118. The molecule has 0 aromatic carbocycles. The van der Waals surface area contributed by atoms with Crippen LogP contribution in [-0.2, 0) is 14.3 Å². The first-order valence-electron chi connectivity index (χ1n) is 7.26. The topological polar surface area (TPSA) is 58.6 Å². The average molecular weight is 268 g/mol. The third-order valence-corrected chi connectivity index (χ3v) is 4.55. The molecular weight excluding hydrogens is 244 g/mol. The van der Waals surface area contributed by atoms with Crippen LogP contribution in [0.25, 0.3) is 0 Å².